The Balaban J connectivity index is 2.15. The number of anilines is 1. The van der Waals surface area contributed by atoms with Gasteiger partial charge in [0.25, 0.3) is 0 Å². The molecule has 0 unspecified atom stereocenters. The van der Waals surface area contributed by atoms with E-state index in [1.807, 2.05) is 24.3 Å². The van der Waals surface area contributed by atoms with Crippen molar-refractivity contribution in [2.45, 2.75) is 0 Å². The molecule has 0 aliphatic heterocycles. The van der Waals surface area contributed by atoms with Gasteiger partial charge in [-0.2, -0.15) is 0 Å². The van der Waals surface area contributed by atoms with Crippen LogP contribution in [0, 0.1) is 0 Å². The highest BCUT2D eigenvalue weighted by atomic mass is 79.9. The number of methoxy groups -OCH3 is 3. The Morgan fingerprint density at radius 2 is 1.58 bits per heavy atom. The van der Waals surface area contributed by atoms with Crippen LogP contribution in [-0.2, 0) is 4.79 Å². The first-order valence-electron chi connectivity index (χ1n) is 7.12. The zero-order valence-electron chi connectivity index (χ0n) is 13.6. The van der Waals surface area contributed by atoms with Crippen LogP contribution in [-0.4, -0.2) is 27.2 Å². The first-order chi connectivity index (χ1) is 11.6. The van der Waals surface area contributed by atoms with Gasteiger partial charge in [-0.25, -0.2) is 0 Å². The highest BCUT2D eigenvalue weighted by Gasteiger charge is 2.12. The predicted molar refractivity (Wildman–Crippen MR) is 97.9 cm³/mol. The lowest BCUT2D eigenvalue weighted by atomic mass is 10.1. The largest absolute Gasteiger partial charge is 0.493 e. The lowest BCUT2D eigenvalue weighted by Gasteiger charge is -2.12. The van der Waals surface area contributed by atoms with Crippen molar-refractivity contribution in [2.24, 2.45) is 0 Å². The number of carbonyl (C=O) groups is 1. The van der Waals surface area contributed by atoms with Crippen LogP contribution in [0.4, 0.5) is 5.69 Å². The molecule has 0 heterocycles. The highest BCUT2D eigenvalue weighted by Crippen LogP contribution is 2.38. The van der Waals surface area contributed by atoms with Crippen LogP contribution in [0.1, 0.15) is 5.56 Å². The lowest BCUT2D eigenvalue weighted by Crippen LogP contribution is -2.07. The Labute approximate surface area is 149 Å². The van der Waals surface area contributed by atoms with Crippen molar-refractivity contribution in [1.82, 2.24) is 0 Å². The summed E-state index contributed by atoms with van der Waals surface area (Å²) in [5, 5.41) is 2.79. The van der Waals surface area contributed by atoms with E-state index in [2.05, 4.69) is 21.2 Å². The van der Waals surface area contributed by atoms with Crippen molar-refractivity contribution >= 4 is 33.6 Å². The van der Waals surface area contributed by atoms with Gasteiger partial charge in [-0.05, 0) is 48.0 Å². The van der Waals surface area contributed by atoms with Crippen LogP contribution >= 0.6 is 15.9 Å². The normalized spacial score (nSPS) is 10.5. The standard InChI is InChI=1S/C18H18BrNO4/c1-22-15-10-12(11-16(23-2)18(15)24-3)4-9-17(21)20-14-7-5-13(19)6-8-14/h4-11H,1-3H3,(H,20,21)/b9-4+. The number of hydrogen-bond donors (Lipinski definition) is 1. The average Bonchev–Trinajstić information content (AvgIpc) is 2.60. The molecule has 0 spiro atoms. The lowest BCUT2D eigenvalue weighted by molar-refractivity contribution is -0.111. The summed E-state index contributed by atoms with van der Waals surface area (Å²) in [4.78, 5) is 12.0. The summed E-state index contributed by atoms with van der Waals surface area (Å²) in [6, 6.07) is 10.9. The molecule has 2 rings (SSSR count). The third-order valence-corrected chi connectivity index (χ3v) is 3.75. The van der Waals surface area contributed by atoms with E-state index < -0.39 is 0 Å². The smallest absolute Gasteiger partial charge is 0.248 e. The summed E-state index contributed by atoms with van der Waals surface area (Å²) >= 11 is 3.35. The quantitative estimate of drug-likeness (QED) is 0.752. The molecule has 0 radical (unpaired) electrons. The molecule has 0 atom stereocenters. The summed E-state index contributed by atoms with van der Waals surface area (Å²) in [6.45, 7) is 0. The molecule has 0 aromatic heterocycles. The van der Waals surface area contributed by atoms with E-state index in [0.717, 1.165) is 15.7 Å². The molecule has 2 aromatic rings. The van der Waals surface area contributed by atoms with Gasteiger partial charge in [0, 0.05) is 16.2 Å². The second-order valence-corrected chi connectivity index (χ2v) is 5.70. The molecule has 0 bridgehead atoms. The maximum Gasteiger partial charge on any atom is 0.248 e. The number of halogens is 1. The minimum absolute atomic E-state index is 0.230. The molecule has 5 nitrogen and oxygen atoms in total. The van der Waals surface area contributed by atoms with E-state index in [1.165, 1.54) is 6.08 Å². The van der Waals surface area contributed by atoms with Crippen LogP contribution in [0.2, 0.25) is 0 Å². The fourth-order valence-electron chi connectivity index (χ4n) is 2.09. The highest BCUT2D eigenvalue weighted by molar-refractivity contribution is 9.10. The maximum atomic E-state index is 12.0. The van der Waals surface area contributed by atoms with Gasteiger partial charge in [-0.1, -0.05) is 15.9 Å². The van der Waals surface area contributed by atoms with Gasteiger partial charge in [-0.15, -0.1) is 0 Å². The van der Waals surface area contributed by atoms with E-state index in [0.29, 0.717) is 17.2 Å². The second kappa shape index (κ2) is 8.40. The number of ether oxygens (including phenoxy) is 3. The van der Waals surface area contributed by atoms with Gasteiger partial charge in [0.2, 0.25) is 11.7 Å². The molecule has 0 fully saturated rings. The number of hydrogen-bond acceptors (Lipinski definition) is 4. The molecule has 0 aliphatic carbocycles. The monoisotopic (exact) mass is 391 g/mol. The molecule has 0 aliphatic rings. The number of nitrogens with one attached hydrogen (secondary N) is 1. The molecule has 1 N–H and O–H groups in total. The van der Waals surface area contributed by atoms with Crippen molar-refractivity contribution in [3.05, 3.63) is 52.5 Å². The first kappa shape index (κ1) is 17.9. The van der Waals surface area contributed by atoms with E-state index in [4.69, 9.17) is 14.2 Å². The summed E-state index contributed by atoms with van der Waals surface area (Å²) < 4.78 is 16.8. The van der Waals surface area contributed by atoms with Crippen LogP contribution < -0.4 is 19.5 Å². The summed E-state index contributed by atoms with van der Waals surface area (Å²) in [5.41, 5.74) is 1.48. The van der Waals surface area contributed by atoms with Gasteiger partial charge >= 0.3 is 0 Å². The minimum Gasteiger partial charge on any atom is -0.493 e. The number of amides is 1. The Bertz CT molecular complexity index is 716. The topological polar surface area (TPSA) is 56.8 Å². The Morgan fingerprint density at radius 3 is 2.08 bits per heavy atom. The van der Waals surface area contributed by atoms with Gasteiger partial charge in [0.15, 0.2) is 11.5 Å². The molecule has 0 saturated heterocycles. The molecule has 24 heavy (non-hydrogen) atoms. The third kappa shape index (κ3) is 4.52. The van der Waals surface area contributed by atoms with Crippen molar-refractivity contribution in [3.8, 4) is 17.2 Å². The molecular formula is C18H18BrNO4. The first-order valence-corrected chi connectivity index (χ1v) is 7.91. The molecule has 1 amide bonds. The van der Waals surface area contributed by atoms with Crippen molar-refractivity contribution < 1.29 is 19.0 Å². The molecular weight excluding hydrogens is 374 g/mol. The van der Waals surface area contributed by atoms with E-state index >= 15 is 0 Å². The number of carbonyl (C=O) groups excluding carboxylic acids is 1. The molecule has 6 heteroatoms. The Morgan fingerprint density at radius 1 is 1.00 bits per heavy atom. The summed E-state index contributed by atoms with van der Waals surface area (Å²) in [7, 11) is 4.64. The summed E-state index contributed by atoms with van der Waals surface area (Å²) in [6.07, 6.45) is 3.13. The number of benzene rings is 2. The third-order valence-electron chi connectivity index (χ3n) is 3.23. The van der Waals surface area contributed by atoms with Crippen molar-refractivity contribution in [3.63, 3.8) is 0 Å². The molecule has 2 aromatic carbocycles. The van der Waals surface area contributed by atoms with Crippen molar-refractivity contribution in [1.29, 1.82) is 0 Å². The number of rotatable bonds is 6. The zero-order valence-corrected chi connectivity index (χ0v) is 15.2. The van der Waals surface area contributed by atoms with Crippen molar-refractivity contribution in [2.75, 3.05) is 26.6 Å². The maximum absolute atomic E-state index is 12.0. The van der Waals surface area contributed by atoms with Crippen LogP contribution in [0.5, 0.6) is 17.2 Å². The summed E-state index contributed by atoms with van der Waals surface area (Å²) in [5.74, 6) is 1.34. The van der Waals surface area contributed by atoms with Gasteiger partial charge < -0.3 is 19.5 Å². The SMILES string of the molecule is COc1cc(/C=C/C(=O)Nc2ccc(Br)cc2)cc(OC)c1OC. The zero-order chi connectivity index (χ0) is 17.5. The van der Waals surface area contributed by atoms with E-state index in [1.54, 1.807) is 39.5 Å². The van der Waals surface area contributed by atoms with Crippen LogP contribution in [0.25, 0.3) is 6.08 Å². The minimum atomic E-state index is -0.230. The predicted octanol–water partition coefficient (Wildman–Crippen LogP) is 4.13. The van der Waals surface area contributed by atoms with Gasteiger partial charge in [-0.3, -0.25) is 4.79 Å². The van der Waals surface area contributed by atoms with Crippen LogP contribution in [0.3, 0.4) is 0 Å². The Kier molecular flexibility index (Phi) is 6.26. The fourth-order valence-corrected chi connectivity index (χ4v) is 2.35. The van der Waals surface area contributed by atoms with E-state index in [-0.39, 0.29) is 5.91 Å². The van der Waals surface area contributed by atoms with Crippen LogP contribution in [0.15, 0.2) is 46.9 Å². The Hall–Kier alpha value is -2.47. The van der Waals surface area contributed by atoms with Gasteiger partial charge in [0.1, 0.15) is 0 Å². The van der Waals surface area contributed by atoms with Gasteiger partial charge in [0.05, 0.1) is 21.3 Å². The fraction of sp³-hybridized carbons (Fsp3) is 0.167. The average molecular weight is 392 g/mol. The van der Waals surface area contributed by atoms with E-state index in [9.17, 15) is 4.79 Å². The molecule has 126 valence electrons. The second-order valence-electron chi connectivity index (χ2n) is 4.79. The molecule has 0 saturated carbocycles.